The molecule has 0 aliphatic carbocycles. The molecule has 1 N–H and O–H groups in total. The Hall–Kier alpha value is -1.86. The van der Waals surface area contributed by atoms with Crippen LogP contribution in [0.5, 0.6) is 0 Å². The summed E-state index contributed by atoms with van der Waals surface area (Å²) in [4.78, 5) is 23.2. The van der Waals surface area contributed by atoms with Crippen LogP contribution in [-0.4, -0.2) is 18.7 Å². The third-order valence-electron chi connectivity index (χ3n) is 2.92. The van der Waals surface area contributed by atoms with E-state index in [1.807, 2.05) is 0 Å². The van der Waals surface area contributed by atoms with Crippen molar-refractivity contribution in [2.45, 2.75) is 9.96 Å². The molecule has 1 fully saturated rings. The Morgan fingerprint density at radius 3 is 2.32 bits per heavy atom. The van der Waals surface area contributed by atoms with Gasteiger partial charge in [-0.25, -0.2) is 4.99 Å². The van der Waals surface area contributed by atoms with Crippen molar-refractivity contribution in [3.63, 3.8) is 0 Å². The lowest BCUT2D eigenvalue weighted by molar-refractivity contribution is -0.394. The Bertz CT molecular complexity index is 830. The van der Waals surface area contributed by atoms with Crippen molar-refractivity contribution >= 4 is 61.6 Å². The lowest BCUT2D eigenvalue weighted by Crippen LogP contribution is -2.20. The van der Waals surface area contributed by atoms with E-state index in [1.54, 1.807) is 0 Å². The molecular weight excluding hydrogens is 457 g/mol. The first-order chi connectivity index (χ1) is 11.4. The van der Waals surface area contributed by atoms with Gasteiger partial charge >= 0.3 is 11.9 Å². The predicted molar refractivity (Wildman–Crippen MR) is 89.2 cm³/mol. The molecule has 0 saturated carbocycles. The maximum atomic E-state index is 13.3. The Balaban J connectivity index is 2.82. The summed E-state index contributed by atoms with van der Waals surface area (Å²) in [5.41, 5.74) is -4.82. The van der Waals surface area contributed by atoms with Gasteiger partial charge in [-0.15, -0.1) is 0 Å². The van der Waals surface area contributed by atoms with Crippen molar-refractivity contribution in [1.82, 2.24) is 4.72 Å². The highest BCUT2D eigenvalue weighted by atomic mass is 79.9. The molecule has 1 aliphatic heterocycles. The molecule has 0 bridgehead atoms. The molecule has 1 aromatic rings. The molecule has 25 heavy (non-hydrogen) atoms. The second-order valence-electron chi connectivity index (χ2n) is 4.55. The second kappa shape index (κ2) is 6.46. The first-order valence-corrected chi connectivity index (χ1v) is 7.97. The Morgan fingerprint density at radius 2 is 1.92 bits per heavy atom. The number of hydrogen-bond donors (Lipinski definition) is 1. The van der Waals surface area contributed by atoms with Crippen LogP contribution < -0.4 is 4.72 Å². The standard InChI is InChI=1S/C11H5BrClF3N4O4S/c1-4-10(12,13)9(25-18-4)17-8-6(11(14,15)16)2-5(19(21)22)3-7(8)20(23)24/h2-3,18H,1H2. The molecule has 0 amide bonds. The van der Waals surface area contributed by atoms with Crippen molar-refractivity contribution in [2.75, 3.05) is 0 Å². The Morgan fingerprint density at radius 1 is 1.32 bits per heavy atom. The number of aliphatic imine (C=N–C) groups is 1. The number of nitrogens with zero attached hydrogens (tertiary/aromatic N) is 3. The normalized spacial score (nSPS) is 22.1. The molecular formula is C11H5BrClF3N4O4S. The van der Waals surface area contributed by atoms with Gasteiger partial charge in [-0.3, -0.25) is 20.2 Å². The molecule has 14 heteroatoms. The van der Waals surface area contributed by atoms with Gasteiger partial charge in [0.1, 0.15) is 5.04 Å². The second-order valence-corrected chi connectivity index (χ2v) is 7.56. The average Bonchev–Trinajstić information content (AvgIpc) is 2.72. The van der Waals surface area contributed by atoms with Crippen LogP contribution in [0.15, 0.2) is 29.4 Å². The summed E-state index contributed by atoms with van der Waals surface area (Å²) in [6, 6.07) is 0.582. The maximum absolute atomic E-state index is 13.3. The molecule has 8 nitrogen and oxygen atoms in total. The summed E-state index contributed by atoms with van der Waals surface area (Å²) >= 11 is 9.76. The van der Waals surface area contributed by atoms with Gasteiger partial charge in [-0.1, -0.05) is 34.1 Å². The van der Waals surface area contributed by atoms with E-state index in [9.17, 15) is 33.4 Å². The highest BCUT2D eigenvalue weighted by Crippen LogP contribution is 2.48. The quantitative estimate of drug-likeness (QED) is 0.304. The lowest BCUT2D eigenvalue weighted by atomic mass is 10.1. The third-order valence-corrected chi connectivity index (χ3v) is 5.49. The van der Waals surface area contributed by atoms with E-state index in [2.05, 4.69) is 32.2 Å². The van der Waals surface area contributed by atoms with Gasteiger partial charge in [-0.05, 0) is 0 Å². The molecule has 0 radical (unpaired) electrons. The summed E-state index contributed by atoms with van der Waals surface area (Å²) in [7, 11) is 0. The molecule has 1 saturated heterocycles. The number of nitrogens with one attached hydrogen (secondary N) is 1. The molecule has 1 aromatic carbocycles. The predicted octanol–water partition coefficient (Wildman–Crippen LogP) is 4.65. The van der Waals surface area contributed by atoms with E-state index in [4.69, 9.17) is 11.6 Å². The monoisotopic (exact) mass is 460 g/mol. The SMILES string of the molecule is C=C1NSC(=Nc2c([N+](=O)[O-])cc([N+](=O)[O-])cc2C(F)(F)F)C1(Cl)Br. The zero-order valence-electron chi connectivity index (χ0n) is 11.6. The number of non-ortho nitro benzene ring substituents is 1. The molecule has 134 valence electrons. The van der Waals surface area contributed by atoms with Crippen molar-refractivity contribution in [2.24, 2.45) is 4.99 Å². The van der Waals surface area contributed by atoms with Crippen molar-refractivity contribution < 1.29 is 23.0 Å². The fraction of sp³-hybridized carbons (Fsp3) is 0.182. The minimum atomic E-state index is -5.12. The summed E-state index contributed by atoms with van der Waals surface area (Å²) in [6.07, 6.45) is -5.12. The van der Waals surface area contributed by atoms with E-state index in [-0.39, 0.29) is 16.8 Å². The van der Waals surface area contributed by atoms with Crippen molar-refractivity contribution in [1.29, 1.82) is 0 Å². The van der Waals surface area contributed by atoms with Crippen LogP contribution in [-0.2, 0) is 6.18 Å². The van der Waals surface area contributed by atoms with Gasteiger partial charge in [0.15, 0.2) is 9.47 Å². The molecule has 0 aromatic heterocycles. The number of nitro benzene ring substituents is 2. The van der Waals surface area contributed by atoms with Crippen LogP contribution in [0.3, 0.4) is 0 Å². The van der Waals surface area contributed by atoms with Gasteiger partial charge in [0.25, 0.3) is 5.69 Å². The first-order valence-electron chi connectivity index (χ1n) is 5.99. The Labute approximate surface area is 154 Å². The van der Waals surface area contributed by atoms with E-state index in [0.29, 0.717) is 18.0 Å². The van der Waals surface area contributed by atoms with Gasteiger partial charge in [0.2, 0.25) is 0 Å². The fourth-order valence-corrected chi connectivity index (χ4v) is 3.33. The summed E-state index contributed by atoms with van der Waals surface area (Å²) < 4.78 is 40.8. The van der Waals surface area contributed by atoms with Crippen LogP contribution >= 0.6 is 39.5 Å². The highest BCUT2D eigenvalue weighted by molar-refractivity contribution is 9.11. The summed E-state index contributed by atoms with van der Waals surface area (Å²) in [6.45, 7) is 3.53. The highest BCUT2D eigenvalue weighted by Gasteiger charge is 2.44. The number of nitro groups is 2. The average molecular weight is 462 g/mol. The fourth-order valence-electron chi connectivity index (χ4n) is 1.74. The number of benzene rings is 1. The third kappa shape index (κ3) is 3.72. The maximum Gasteiger partial charge on any atom is 0.418 e. The van der Waals surface area contributed by atoms with Crippen molar-refractivity contribution in [3.8, 4) is 0 Å². The number of halogens is 5. The lowest BCUT2D eigenvalue weighted by Gasteiger charge is -2.14. The molecule has 2 rings (SSSR count). The first kappa shape index (κ1) is 19.5. The smallest absolute Gasteiger partial charge is 0.326 e. The van der Waals surface area contributed by atoms with Crippen LogP contribution in [0.4, 0.5) is 30.2 Å². The zero-order valence-corrected chi connectivity index (χ0v) is 14.8. The minimum absolute atomic E-state index is 0.149. The number of hydrogen-bond acceptors (Lipinski definition) is 7. The Kier molecular flexibility index (Phi) is 5.03. The number of alkyl halides is 5. The minimum Gasteiger partial charge on any atom is -0.326 e. The van der Waals surface area contributed by atoms with E-state index < -0.39 is 42.4 Å². The van der Waals surface area contributed by atoms with Crippen LogP contribution in [0.25, 0.3) is 0 Å². The van der Waals surface area contributed by atoms with Gasteiger partial charge in [0.05, 0.1) is 27.2 Å². The number of allylic oxidation sites excluding steroid dienone is 1. The van der Waals surface area contributed by atoms with Crippen LogP contribution in [0.2, 0.25) is 0 Å². The van der Waals surface area contributed by atoms with Crippen LogP contribution in [0.1, 0.15) is 5.56 Å². The summed E-state index contributed by atoms with van der Waals surface area (Å²) in [5.74, 6) is 0. The largest absolute Gasteiger partial charge is 0.418 e. The van der Waals surface area contributed by atoms with E-state index in [1.165, 1.54) is 0 Å². The van der Waals surface area contributed by atoms with Gasteiger partial charge in [-0.2, -0.15) is 13.2 Å². The van der Waals surface area contributed by atoms with Gasteiger partial charge < -0.3 is 4.72 Å². The molecule has 1 heterocycles. The molecule has 1 atom stereocenters. The molecule has 1 aliphatic rings. The van der Waals surface area contributed by atoms with Gasteiger partial charge in [0, 0.05) is 18.0 Å². The summed E-state index contributed by atoms with van der Waals surface area (Å²) in [5, 5.41) is 21.7. The van der Waals surface area contributed by atoms with Crippen LogP contribution in [0, 0.1) is 20.2 Å². The van der Waals surface area contributed by atoms with E-state index >= 15 is 0 Å². The van der Waals surface area contributed by atoms with E-state index in [0.717, 1.165) is 0 Å². The molecule has 0 spiro atoms. The molecule has 1 unspecified atom stereocenters. The zero-order chi connectivity index (χ0) is 19.2. The topological polar surface area (TPSA) is 111 Å². The number of rotatable bonds is 3. The van der Waals surface area contributed by atoms with Crippen molar-refractivity contribution in [3.05, 3.63) is 50.2 Å².